The molecule has 0 aliphatic rings. The summed E-state index contributed by atoms with van der Waals surface area (Å²) in [5, 5.41) is 0. The van der Waals surface area contributed by atoms with Crippen LogP contribution in [0.5, 0.6) is 0 Å². The number of hydrogen-bond donors (Lipinski definition) is 0. The Morgan fingerprint density at radius 3 is 2.12 bits per heavy atom. The number of rotatable bonds is 3. The van der Waals surface area contributed by atoms with Crippen LogP contribution in [0.1, 0.15) is 0 Å². The molecule has 0 saturated heterocycles. The van der Waals surface area contributed by atoms with Gasteiger partial charge in [-0.25, -0.2) is 0 Å². The van der Waals surface area contributed by atoms with Gasteiger partial charge in [0.25, 0.3) is 0 Å². The molecule has 3 heteroatoms. The summed E-state index contributed by atoms with van der Waals surface area (Å²) in [5.41, 5.74) is 0. The van der Waals surface area contributed by atoms with Crippen LogP contribution in [-0.4, -0.2) is 21.2 Å². The van der Waals surface area contributed by atoms with Gasteiger partial charge in [-0.15, -0.1) is 0 Å². The molecule has 1 radical (unpaired) electrons. The molecular formula is C5H11O2Si. The molecule has 0 aromatic carbocycles. The molecule has 0 spiro atoms. The second-order valence-corrected chi connectivity index (χ2v) is 7.06. The van der Waals surface area contributed by atoms with Gasteiger partial charge in [0.15, 0.2) is 8.32 Å². The van der Waals surface area contributed by atoms with E-state index in [2.05, 4.69) is 0 Å². The van der Waals surface area contributed by atoms with Gasteiger partial charge < -0.3 is 4.43 Å². The predicted octanol–water partition coefficient (Wildman–Crippen LogP) is 0.948. The molecule has 0 saturated carbocycles. The summed E-state index contributed by atoms with van der Waals surface area (Å²) in [6, 6.07) is 0. The fraction of sp³-hybridized carbons (Fsp3) is 0.800. The third-order valence-electron chi connectivity index (χ3n) is 0.564. The maximum Gasteiger partial charge on any atom is 0.225 e. The molecule has 0 amide bonds. The highest BCUT2D eigenvalue weighted by molar-refractivity contribution is 6.69. The van der Waals surface area contributed by atoms with Crippen molar-refractivity contribution in [3.8, 4) is 0 Å². The van der Waals surface area contributed by atoms with E-state index >= 15 is 0 Å². The molecule has 0 atom stereocenters. The van der Waals surface area contributed by atoms with E-state index in [4.69, 9.17) is 4.43 Å². The van der Waals surface area contributed by atoms with E-state index < -0.39 is 8.32 Å². The van der Waals surface area contributed by atoms with E-state index in [0.717, 1.165) is 0 Å². The highest BCUT2D eigenvalue weighted by Crippen LogP contribution is 1.99. The summed E-state index contributed by atoms with van der Waals surface area (Å²) >= 11 is 0. The quantitative estimate of drug-likeness (QED) is 0.533. The van der Waals surface area contributed by atoms with E-state index in [9.17, 15) is 4.79 Å². The molecule has 0 heterocycles. The Morgan fingerprint density at radius 1 is 1.50 bits per heavy atom. The topological polar surface area (TPSA) is 26.3 Å². The lowest BCUT2D eigenvalue weighted by molar-refractivity contribution is 0.360. The largest absolute Gasteiger partial charge is 0.410 e. The summed E-state index contributed by atoms with van der Waals surface area (Å²) in [6.07, 6.45) is 1.69. The summed E-state index contributed by atoms with van der Waals surface area (Å²) < 4.78 is 5.09. The summed E-state index contributed by atoms with van der Waals surface area (Å²) in [6.45, 7) is 6.23. The molecule has 0 N–H and O–H groups in total. The van der Waals surface area contributed by atoms with Crippen LogP contribution in [0.15, 0.2) is 0 Å². The van der Waals surface area contributed by atoms with Crippen molar-refractivity contribution >= 4 is 14.6 Å². The van der Waals surface area contributed by atoms with Crippen molar-refractivity contribution in [2.45, 2.75) is 19.6 Å². The smallest absolute Gasteiger partial charge is 0.225 e. The Balaban J connectivity index is 3.24. The lowest BCUT2D eigenvalue weighted by Crippen LogP contribution is -2.26. The second kappa shape index (κ2) is 2.99. The molecule has 0 aliphatic heterocycles. The predicted molar refractivity (Wildman–Crippen MR) is 35.0 cm³/mol. The molecule has 0 aromatic rings. The third kappa shape index (κ3) is 5.85. The van der Waals surface area contributed by atoms with Gasteiger partial charge >= 0.3 is 0 Å². The molecule has 0 rings (SSSR count). The maximum atomic E-state index is 9.62. The van der Waals surface area contributed by atoms with Gasteiger partial charge in [0.05, 0.1) is 0 Å². The number of carbonyl (C=O) groups excluding carboxylic acids is 1. The first-order valence-corrected chi connectivity index (χ1v) is 5.96. The van der Waals surface area contributed by atoms with Crippen LogP contribution in [0, 0.1) is 0 Å². The highest BCUT2D eigenvalue weighted by Gasteiger charge is 2.12. The first-order valence-electron chi connectivity index (χ1n) is 2.55. The van der Waals surface area contributed by atoms with Gasteiger partial charge in [0.1, 0.15) is 6.61 Å². The standard InChI is InChI=1S/C5H11O2Si/c1-8(2,3)7-5-4-6/h5H2,1-3H3. The fourth-order valence-electron chi connectivity index (χ4n) is 0.246. The Bertz CT molecular complexity index is 75.0. The third-order valence-corrected chi connectivity index (χ3v) is 1.57. The molecule has 2 nitrogen and oxygen atoms in total. The van der Waals surface area contributed by atoms with Crippen LogP contribution in [0.4, 0.5) is 0 Å². The summed E-state index contributed by atoms with van der Waals surface area (Å²) in [5.74, 6) is 0. The average molecular weight is 131 g/mol. The lowest BCUT2D eigenvalue weighted by atomic mass is 10.9. The maximum absolute atomic E-state index is 9.62. The van der Waals surface area contributed by atoms with Crippen LogP contribution in [-0.2, 0) is 9.22 Å². The molecule has 0 aliphatic carbocycles. The Morgan fingerprint density at radius 2 is 2.00 bits per heavy atom. The SMILES string of the molecule is C[Si](C)(C)OC[C]=O. The highest BCUT2D eigenvalue weighted by atomic mass is 28.4. The van der Waals surface area contributed by atoms with Crippen LogP contribution in [0.3, 0.4) is 0 Å². The fourth-order valence-corrected chi connectivity index (χ4v) is 0.738. The first-order chi connectivity index (χ1) is 3.56. The minimum absolute atomic E-state index is 0.135. The Kier molecular flexibility index (Phi) is 2.93. The van der Waals surface area contributed by atoms with Gasteiger partial charge in [0.2, 0.25) is 6.29 Å². The van der Waals surface area contributed by atoms with E-state index in [1.807, 2.05) is 19.6 Å². The van der Waals surface area contributed by atoms with E-state index in [1.165, 1.54) is 0 Å². The van der Waals surface area contributed by atoms with E-state index in [1.54, 1.807) is 6.29 Å². The summed E-state index contributed by atoms with van der Waals surface area (Å²) in [7, 11) is -1.44. The zero-order chi connectivity index (χ0) is 6.62. The molecule has 47 valence electrons. The van der Waals surface area contributed by atoms with E-state index in [-0.39, 0.29) is 6.61 Å². The van der Waals surface area contributed by atoms with Gasteiger partial charge in [-0.1, -0.05) is 0 Å². The minimum atomic E-state index is -1.44. The monoisotopic (exact) mass is 131 g/mol. The lowest BCUT2D eigenvalue weighted by Gasteiger charge is -2.13. The first kappa shape index (κ1) is 7.85. The van der Waals surface area contributed by atoms with Crippen molar-refractivity contribution in [2.24, 2.45) is 0 Å². The van der Waals surface area contributed by atoms with E-state index in [0.29, 0.717) is 0 Å². The van der Waals surface area contributed by atoms with Crippen molar-refractivity contribution in [3.05, 3.63) is 0 Å². The second-order valence-electron chi connectivity index (χ2n) is 2.55. The van der Waals surface area contributed by atoms with Crippen molar-refractivity contribution in [1.29, 1.82) is 0 Å². The molecule has 0 unspecified atom stereocenters. The summed E-state index contributed by atoms with van der Waals surface area (Å²) in [4.78, 5) is 9.62. The van der Waals surface area contributed by atoms with Gasteiger partial charge in [-0.3, -0.25) is 4.79 Å². The van der Waals surface area contributed by atoms with Crippen molar-refractivity contribution < 1.29 is 9.22 Å². The zero-order valence-electron chi connectivity index (χ0n) is 5.52. The molecular weight excluding hydrogens is 120 g/mol. The average Bonchev–Trinajstić information content (AvgIpc) is 1.59. The normalized spacial score (nSPS) is 11.4. The molecule has 0 bridgehead atoms. The van der Waals surface area contributed by atoms with Gasteiger partial charge in [0, 0.05) is 0 Å². The van der Waals surface area contributed by atoms with Gasteiger partial charge in [-0.05, 0) is 19.6 Å². The van der Waals surface area contributed by atoms with Crippen LogP contribution < -0.4 is 0 Å². The Hall–Kier alpha value is -0.153. The number of hydrogen-bond acceptors (Lipinski definition) is 2. The zero-order valence-corrected chi connectivity index (χ0v) is 6.52. The Labute approximate surface area is 51.0 Å². The van der Waals surface area contributed by atoms with Crippen LogP contribution in [0.25, 0.3) is 0 Å². The van der Waals surface area contributed by atoms with Crippen molar-refractivity contribution in [1.82, 2.24) is 0 Å². The van der Waals surface area contributed by atoms with Crippen molar-refractivity contribution in [3.63, 3.8) is 0 Å². The molecule has 8 heavy (non-hydrogen) atoms. The van der Waals surface area contributed by atoms with Gasteiger partial charge in [-0.2, -0.15) is 0 Å². The van der Waals surface area contributed by atoms with Crippen LogP contribution in [0.2, 0.25) is 19.6 Å². The minimum Gasteiger partial charge on any atom is -0.410 e. The van der Waals surface area contributed by atoms with Crippen molar-refractivity contribution in [2.75, 3.05) is 6.61 Å². The molecule has 0 fully saturated rings. The van der Waals surface area contributed by atoms with Crippen LogP contribution >= 0.6 is 0 Å². The molecule has 0 aromatic heterocycles.